The monoisotopic (exact) mass is 260 g/mol. The number of aliphatic hydroxyl groups is 1. The van der Waals surface area contributed by atoms with Gasteiger partial charge in [-0.25, -0.2) is 4.79 Å². The number of nitrogens with zero attached hydrogens (tertiary/aromatic N) is 1. The Labute approximate surface area is 113 Å². The lowest BCUT2D eigenvalue weighted by atomic mass is 10.1. The molecule has 4 heteroatoms. The maximum absolute atomic E-state index is 12.0. The molecule has 0 bridgehead atoms. The second-order valence-corrected chi connectivity index (χ2v) is 4.78. The molecule has 1 aromatic rings. The minimum atomic E-state index is -0.642. The van der Waals surface area contributed by atoms with Crippen LogP contribution in [0.1, 0.15) is 24.5 Å². The average Bonchev–Trinajstić information content (AvgIpc) is 3.27. The number of carbonyl (C=O) groups excluding carboxylic acids is 1. The molecule has 19 heavy (non-hydrogen) atoms. The van der Waals surface area contributed by atoms with Gasteiger partial charge in [0.25, 0.3) is 0 Å². The predicted molar refractivity (Wildman–Crippen MR) is 74.7 cm³/mol. The smallest absolute Gasteiger partial charge is 0.317 e. The van der Waals surface area contributed by atoms with Crippen LogP contribution in [0.4, 0.5) is 4.79 Å². The Kier molecular flexibility index (Phi) is 4.58. The summed E-state index contributed by atoms with van der Waals surface area (Å²) in [5, 5.41) is 13.0. The van der Waals surface area contributed by atoms with Crippen LogP contribution in [0.15, 0.2) is 43.0 Å². The van der Waals surface area contributed by atoms with Crippen molar-refractivity contribution in [2.24, 2.45) is 0 Å². The van der Waals surface area contributed by atoms with Gasteiger partial charge in [-0.1, -0.05) is 36.4 Å². The number of rotatable bonds is 6. The molecule has 1 atom stereocenters. The predicted octanol–water partition coefficient (Wildman–Crippen LogP) is 2.08. The first-order chi connectivity index (χ1) is 9.22. The largest absolute Gasteiger partial charge is 0.387 e. The molecule has 1 fully saturated rings. The van der Waals surface area contributed by atoms with Gasteiger partial charge in [-0.05, 0) is 18.4 Å². The van der Waals surface area contributed by atoms with Crippen molar-refractivity contribution in [3.8, 4) is 0 Å². The van der Waals surface area contributed by atoms with Crippen LogP contribution < -0.4 is 5.32 Å². The second kappa shape index (κ2) is 6.38. The van der Waals surface area contributed by atoms with Crippen molar-refractivity contribution in [3.05, 3.63) is 48.6 Å². The van der Waals surface area contributed by atoms with Crippen molar-refractivity contribution < 1.29 is 9.90 Å². The lowest BCUT2D eigenvalue weighted by Gasteiger charge is -2.25. The number of aliphatic hydroxyl groups excluding tert-OH is 1. The summed E-state index contributed by atoms with van der Waals surface area (Å²) in [6.07, 6.45) is 3.04. The molecule has 0 aliphatic heterocycles. The van der Waals surface area contributed by atoms with Gasteiger partial charge in [0, 0.05) is 12.6 Å². The zero-order valence-corrected chi connectivity index (χ0v) is 11.0. The highest BCUT2D eigenvalue weighted by molar-refractivity contribution is 5.75. The number of carbonyl (C=O) groups is 1. The molecule has 0 saturated heterocycles. The quantitative estimate of drug-likeness (QED) is 0.769. The van der Waals surface area contributed by atoms with E-state index in [4.69, 9.17) is 0 Å². The first-order valence-electron chi connectivity index (χ1n) is 6.60. The molecule has 2 amide bonds. The van der Waals surface area contributed by atoms with Gasteiger partial charge in [0.1, 0.15) is 0 Å². The lowest BCUT2D eigenvalue weighted by Crippen LogP contribution is -2.43. The third-order valence-electron chi connectivity index (χ3n) is 3.20. The fourth-order valence-corrected chi connectivity index (χ4v) is 2.01. The highest BCUT2D eigenvalue weighted by Crippen LogP contribution is 2.28. The van der Waals surface area contributed by atoms with E-state index < -0.39 is 6.10 Å². The van der Waals surface area contributed by atoms with E-state index in [1.165, 1.54) is 0 Å². The SMILES string of the molecule is C=CCNC(=O)N(CC(O)c1ccccc1)C1CC1. The Morgan fingerprint density at radius 2 is 2.16 bits per heavy atom. The summed E-state index contributed by atoms with van der Waals surface area (Å²) in [5.74, 6) is 0. The fraction of sp³-hybridized carbons (Fsp3) is 0.400. The summed E-state index contributed by atoms with van der Waals surface area (Å²) < 4.78 is 0. The number of nitrogens with one attached hydrogen (secondary N) is 1. The summed E-state index contributed by atoms with van der Waals surface area (Å²) in [5.41, 5.74) is 0.838. The van der Waals surface area contributed by atoms with Gasteiger partial charge in [0.15, 0.2) is 0 Å². The van der Waals surface area contributed by atoms with E-state index in [0.717, 1.165) is 18.4 Å². The van der Waals surface area contributed by atoms with Gasteiger partial charge in [0.05, 0.1) is 12.6 Å². The molecule has 2 rings (SSSR count). The fourth-order valence-electron chi connectivity index (χ4n) is 2.01. The normalized spacial score (nSPS) is 15.6. The molecule has 1 saturated carbocycles. The van der Waals surface area contributed by atoms with Crippen LogP contribution in [0, 0.1) is 0 Å². The Hall–Kier alpha value is -1.81. The molecule has 0 aromatic heterocycles. The first-order valence-corrected chi connectivity index (χ1v) is 6.60. The van der Waals surface area contributed by atoms with Crippen molar-refractivity contribution in [1.29, 1.82) is 0 Å². The molecule has 1 aliphatic rings. The second-order valence-electron chi connectivity index (χ2n) is 4.78. The zero-order chi connectivity index (χ0) is 13.7. The summed E-state index contributed by atoms with van der Waals surface area (Å²) >= 11 is 0. The molecule has 102 valence electrons. The molecule has 0 radical (unpaired) electrons. The minimum absolute atomic E-state index is 0.127. The van der Waals surface area contributed by atoms with E-state index in [9.17, 15) is 9.90 Å². The van der Waals surface area contributed by atoms with Gasteiger partial charge < -0.3 is 15.3 Å². The molecule has 0 spiro atoms. The summed E-state index contributed by atoms with van der Waals surface area (Å²) in [6.45, 7) is 4.36. The van der Waals surface area contributed by atoms with Crippen molar-refractivity contribution in [1.82, 2.24) is 10.2 Å². The van der Waals surface area contributed by atoms with E-state index >= 15 is 0 Å². The standard InChI is InChI=1S/C15H20N2O2/c1-2-10-16-15(19)17(13-8-9-13)11-14(18)12-6-4-3-5-7-12/h2-7,13-14,18H,1,8-11H2,(H,16,19). The third-order valence-corrected chi connectivity index (χ3v) is 3.20. The Morgan fingerprint density at radius 1 is 1.47 bits per heavy atom. The van der Waals surface area contributed by atoms with Crippen molar-refractivity contribution in [2.75, 3.05) is 13.1 Å². The van der Waals surface area contributed by atoms with E-state index in [1.807, 2.05) is 30.3 Å². The Morgan fingerprint density at radius 3 is 2.74 bits per heavy atom. The van der Waals surface area contributed by atoms with Crippen LogP contribution in [0.5, 0.6) is 0 Å². The molecule has 1 aliphatic carbocycles. The average molecular weight is 260 g/mol. The number of hydrogen-bond donors (Lipinski definition) is 2. The lowest BCUT2D eigenvalue weighted by molar-refractivity contribution is 0.118. The Bertz CT molecular complexity index is 429. The van der Waals surface area contributed by atoms with Crippen LogP contribution in [-0.2, 0) is 0 Å². The van der Waals surface area contributed by atoms with Crippen LogP contribution in [0.2, 0.25) is 0 Å². The van der Waals surface area contributed by atoms with Crippen LogP contribution in [0.25, 0.3) is 0 Å². The summed E-state index contributed by atoms with van der Waals surface area (Å²) in [7, 11) is 0. The zero-order valence-electron chi connectivity index (χ0n) is 11.0. The summed E-state index contributed by atoms with van der Waals surface area (Å²) in [6, 6.07) is 9.57. The molecule has 0 heterocycles. The minimum Gasteiger partial charge on any atom is -0.387 e. The Balaban J connectivity index is 1.96. The number of benzene rings is 1. The molecular weight excluding hydrogens is 240 g/mol. The van der Waals surface area contributed by atoms with Crippen molar-refractivity contribution in [2.45, 2.75) is 25.0 Å². The van der Waals surface area contributed by atoms with Crippen molar-refractivity contribution in [3.63, 3.8) is 0 Å². The van der Waals surface area contributed by atoms with Gasteiger partial charge >= 0.3 is 6.03 Å². The van der Waals surface area contributed by atoms with E-state index in [2.05, 4.69) is 11.9 Å². The number of urea groups is 1. The van der Waals surface area contributed by atoms with E-state index in [1.54, 1.807) is 11.0 Å². The number of hydrogen-bond acceptors (Lipinski definition) is 2. The molecule has 1 unspecified atom stereocenters. The van der Waals surface area contributed by atoms with Crippen molar-refractivity contribution >= 4 is 6.03 Å². The number of amides is 2. The van der Waals surface area contributed by atoms with Crippen LogP contribution in [0.3, 0.4) is 0 Å². The van der Waals surface area contributed by atoms with Gasteiger partial charge in [-0.3, -0.25) is 0 Å². The molecule has 4 nitrogen and oxygen atoms in total. The highest BCUT2D eigenvalue weighted by atomic mass is 16.3. The molecule has 1 aromatic carbocycles. The highest BCUT2D eigenvalue weighted by Gasteiger charge is 2.33. The maximum Gasteiger partial charge on any atom is 0.317 e. The van der Waals surface area contributed by atoms with Crippen LogP contribution >= 0.6 is 0 Å². The molecule has 2 N–H and O–H groups in total. The van der Waals surface area contributed by atoms with Gasteiger partial charge in [-0.2, -0.15) is 0 Å². The van der Waals surface area contributed by atoms with Gasteiger partial charge in [-0.15, -0.1) is 6.58 Å². The maximum atomic E-state index is 12.0. The first kappa shape index (κ1) is 13.6. The van der Waals surface area contributed by atoms with E-state index in [-0.39, 0.29) is 12.1 Å². The van der Waals surface area contributed by atoms with E-state index in [0.29, 0.717) is 13.1 Å². The third kappa shape index (κ3) is 3.83. The summed E-state index contributed by atoms with van der Waals surface area (Å²) in [4.78, 5) is 13.7. The van der Waals surface area contributed by atoms with Gasteiger partial charge in [0.2, 0.25) is 0 Å². The van der Waals surface area contributed by atoms with Crippen LogP contribution in [-0.4, -0.2) is 35.2 Å². The topological polar surface area (TPSA) is 52.6 Å². The molecular formula is C15H20N2O2.